The van der Waals surface area contributed by atoms with E-state index in [0.717, 1.165) is 37.9 Å². The zero-order valence-electron chi connectivity index (χ0n) is 11.5. The van der Waals surface area contributed by atoms with Crippen LogP contribution in [0.3, 0.4) is 0 Å². The monoisotopic (exact) mass is 263 g/mol. The minimum atomic E-state index is -0.266. The van der Waals surface area contributed by atoms with E-state index in [2.05, 4.69) is 9.80 Å². The second-order valence-electron chi connectivity index (χ2n) is 5.72. The number of benzene rings is 1. The van der Waals surface area contributed by atoms with Crippen LogP contribution in [0.2, 0.25) is 0 Å². The van der Waals surface area contributed by atoms with Gasteiger partial charge in [0, 0.05) is 49.5 Å². The molecule has 1 aromatic carbocycles. The summed E-state index contributed by atoms with van der Waals surface area (Å²) in [6.07, 6.45) is 2.70. The first-order valence-electron chi connectivity index (χ1n) is 7.20. The van der Waals surface area contributed by atoms with Gasteiger partial charge in [0.15, 0.2) is 0 Å². The summed E-state index contributed by atoms with van der Waals surface area (Å²) in [6.45, 7) is 5.96. The van der Waals surface area contributed by atoms with Gasteiger partial charge in [0.05, 0.1) is 0 Å². The van der Waals surface area contributed by atoms with Gasteiger partial charge in [0.25, 0.3) is 0 Å². The molecular formula is C15H22FN3. The molecule has 2 fully saturated rings. The summed E-state index contributed by atoms with van der Waals surface area (Å²) in [5.74, 6) is -0.183. The van der Waals surface area contributed by atoms with Crippen LogP contribution in [0.5, 0.6) is 0 Å². The normalized spacial score (nSPS) is 22.6. The van der Waals surface area contributed by atoms with Crippen LogP contribution in [-0.4, -0.2) is 37.1 Å². The van der Waals surface area contributed by atoms with Gasteiger partial charge in [-0.15, -0.1) is 0 Å². The third-order valence-electron chi connectivity index (χ3n) is 4.20. The molecule has 1 atom stereocenters. The summed E-state index contributed by atoms with van der Waals surface area (Å²) in [5.41, 5.74) is 7.56. The zero-order valence-corrected chi connectivity index (χ0v) is 11.5. The summed E-state index contributed by atoms with van der Waals surface area (Å²) in [5, 5.41) is 0. The third-order valence-corrected chi connectivity index (χ3v) is 4.20. The largest absolute Gasteiger partial charge is 0.369 e. The maximum atomic E-state index is 14.0. The topological polar surface area (TPSA) is 32.5 Å². The van der Waals surface area contributed by atoms with Crippen LogP contribution in [-0.2, 0) is 0 Å². The lowest BCUT2D eigenvalue weighted by molar-refractivity contribution is 0.248. The molecule has 104 valence electrons. The molecule has 1 heterocycles. The van der Waals surface area contributed by atoms with Crippen molar-refractivity contribution in [2.75, 3.05) is 31.1 Å². The Morgan fingerprint density at radius 2 is 1.89 bits per heavy atom. The molecular weight excluding hydrogens is 241 g/mol. The van der Waals surface area contributed by atoms with Crippen LogP contribution in [0, 0.1) is 5.82 Å². The molecule has 1 aliphatic carbocycles. The van der Waals surface area contributed by atoms with Crippen LogP contribution in [0.25, 0.3) is 0 Å². The number of nitrogens with two attached hydrogens (primary N) is 1. The van der Waals surface area contributed by atoms with Gasteiger partial charge < -0.3 is 10.6 Å². The van der Waals surface area contributed by atoms with E-state index in [-0.39, 0.29) is 11.9 Å². The smallest absolute Gasteiger partial charge is 0.130 e. The number of hydrogen-bond acceptors (Lipinski definition) is 3. The molecule has 19 heavy (non-hydrogen) atoms. The summed E-state index contributed by atoms with van der Waals surface area (Å²) in [4.78, 5) is 4.84. The molecule has 4 heteroatoms. The Kier molecular flexibility index (Phi) is 3.46. The first kappa shape index (κ1) is 12.9. The SMILES string of the molecule is C[C@@H](N)c1c(F)cccc1N1CCN(C2CC2)CC1. The van der Waals surface area contributed by atoms with Crippen LogP contribution >= 0.6 is 0 Å². The number of anilines is 1. The van der Waals surface area contributed by atoms with Crippen LogP contribution in [0.4, 0.5) is 10.1 Å². The first-order chi connectivity index (χ1) is 9.16. The lowest BCUT2D eigenvalue weighted by Crippen LogP contribution is -2.47. The van der Waals surface area contributed by atoms with Gasteiger partial charge in [-0.25, -0.2) is 4.39 Å². The second-order valence-corrected chi connectivity index (χ2v) is 5.72. The first-order valence-corrected chi connectivity index (χ1v) is 7.20. The Balaban J connectivity index is 1.77. The molecule has 3 rings (SSSR count). The van der Waals surface area contributed by atoms with Gasteiger partial charge >= 0.3 is 0 Å². The van der Waals surface area contributed by atoms with E-state index in [1.807, 2.05) is 13.0 Å². The van der Waals surface area contributed by atoms with Gasteiger partial charge in [0.1, 0.15) is 5.82 Å². The summed E-state index contributed by atoms with van der Waals surface area (Å²) < 4.78 is 14.0. The molecule has 0 radical (unpaired) electrons. The maximum absolute atomic E-state index is 14.0. The van der Waals surface area contributed by atoms with E-state index in [9.17, 15) is 4.39 Å². The Bertz CT molecular complexity index is 449. The van der Waals surface area contributed by atoms with Crippen molar-refractivity contribution in [1.82, 2.24) is 4.90 Å². The standard InChI is InChI=1S/C15H22FN3/c1-11(17)15-13(16)3-2-4-14(15)19-9-7-18(8-10-19)12-5-6-12/h2-4,11-12H,5-10,17H2,1H3/t11-/m1/s1. The molecule has 0 amide bonds. The van der Waals surface area contributed by atoms with Crippen molar-refractivity contribution in [3.63, 3.8) is 0 Å². The number of rotatable bonds is 3. The fourth-order valence-corrected chi connectivity index (χ4v) is 3.02. The lowest BCUT2D eigenvalue weighted by Gasteiger charge is -2.37. The summed E-state index contributed by atoms with van der Waals surface area (Å²) in [6, 6.07) is 5.83. The molecule has 0 unspecified atom stereocenters. The van der Waals surface area contributed by atoms with Crippen molar-refractivity contribution in [3.05, 3.63) is 29.6 Å². The maximum Gasteiger partial charge on any atom is 0.130 e. The van der Waals surface area contributed by atoms with Crippen LogP contribution in [0.15, 0.2) is 18.2 Å². The minimum absolute atomic E-state index is 0.183. The molecule has 1 aromatic rings. The number of piperazine rings is 1. The highest BCUT2D eigenvalue weighted by Crippen LogP contribution is 2.31. The van der Waals surface area contributed by atoms with Crippen LogP contribution in [0.1, 0.15) is 31.4 Å². The predicted octanol–water partition coefficient (Wildman–Crippen LogP) is 2.13. The van der Waals surface area contributed by atoms with Crippen molar-refractivity contribution in [2.24, 2.45) is 5.73 Å². The van der Waals surface area contributed by atoms with E-state index in [0.29, 0.717) is 5.56 Å². The van der Waals surface area contributed by atoms with Crippen molar-refractivity contribution in [1.29, 1.82) is 0 Å². The quantitative estimate of drug-likeness (QED) is 0.906. The lowest BCUT2D eigenvalue weighted by atomic mass is 10.0. The van der Waals surface area contributed by atoms with Gasteiger partial charge in [-0.1, -0.05) is 6.07 Å². The zero-order chi connectivity index (χ0) is 13.4. The van der Waals surface area contributed by atoms with Crippen molar-refractivity contribution < 1.29 is 4.39 Å². The van der Waals surface area contributed by atoms with E-state index < -0.39 is 0 Å². The summed E-state index contributed by atoms with van der Waals surface area (Å²) >= 11 is 0. The Hall–Kier alpha value is -1.13. The molecule has 1 saturated carbocycles. The molecule has 0 aromatic heterocycles. The van der Waals surface area contributed by atoms with E-state index in [1.54, 1.807) is 6.07 Å². The molecule has 1 saturated heterocycles. The fourth-order valence-electron chi connectivity index (χ4n) is 3.02. The Morgan fingerprint density at radius 1 is 1.21 bits per heavy atom. The highest BCUT2D eigenvalue weighted by molar-refractivity contribution is 5.55. The van der Waals surface area contributed by atoms with Crippen LogP contribution < -0.4 is 10.6 Å². The van der Waals surface area contributed by atoms with Gasteiger partial charge in [0.2, 0.25) is 0 Å². The van der Waals surface area contributed by atoms with Crippen molar-refractivity contribution in [3.8, 4) is 0 Å². The van der Waals surface area contributed by atoms with Gasteiger partial charge in [-0.05, 0) is 31.9 Å². The van der Waals surface area contributed by atoms with Gasteiger partial charge in [-0.3, -0.25) is 4.90 Å². The highest BCUT2D eigenvalue weighted by atomic mass is 19.1. The third kappa shape index (κ3) is 2.60. The Labute approximate surface area is 114 Å². The van der Waals surface area contributed by atoms with Crippen molar-refractivity contribution in [2.45, 2.75) is 31.8 Å². The second kappa shape index (κ2) is 5.10. The fraction of sp³-hybridized carbons (Fsp3) is 0.600. The molecule has 0 spiro atoms. The van der Waals surface area contributed by atoms with Crippen molar-refractivity contribution >= 4 is 5.69 Å². The Morgan fingerprint density at radius 3 is 2.47 bits per heavy atom. The highest BCUT2D eigenvalue weighted by Gasteiger charge is 2.31. The van der Waals surface area contributed by atoms with E-state index in [1.165, 1.54) is 18.9 Å². The van der Waals surface area contributed by atoms with E-state index in [4.69, 9.17) is 5.73 Å². The molecule has 3 nitrogen and oxygen atoms in total. The number of hydrogen-bond donors (Lipinski definition) is 1. The molecule has 0 bridgehead atoms. The van der Waals surface area contributed by atoms with Gasteiger partial charge in [-0.2, -0.15) is 0 Å². The average molecular weight is 263 g/mol. The summed E-state index contributed by atoms with van der Waals surface area (Å²) in [7, 11) is 0. The minimum Gasteiger partial charge on any atom is -0.369 e. The predicted molar refractivity (Wildman–Crippen MR) is 75.8 cm³/mol. The van der Waals surface area contributed by atoms with E-state index >= 15 is 0 Å². The number of nitrogens with zero attached hydrogens (tertiary/aromatic N) is 2. The molecule has 2 N–H and O–H groups in total. The number of halogens is 1. The molecule has 2 aliphatic rings. The molecule has 1 aliphatic heterocycles. The average Bonchev–Trinajstić information content (AvgIpc) is 3.22.